The summed E-state index contributed by atoms with van der Waals surface area (Å²) in [4.78, 5) is 4.41. The molecule has 1 heterocycles. The van der Waals surface area contributed by atoms with Gasteiger partial charge in [0.2, 0.25) is 0 Å². The summed E-state index contributed by atoms with van der Waals surface area (Å²) in [5.74, 6) is 1.04. The maximum Gasteiger partial charge on any atom is 0.106 e. The van der Waals surface area contributed by atoms with Crippen LogP contribution in [0.1, 0.15) is 30.4 Å². The third-order valence-electron chi connectivity index (χ3n) is 3.12. The van der Waals surface area contributed by atoms with Crippen molar-refractivity contribution in [3.8, 4) is 0 Å². The predicted molar refractivity (Wildman–Crippen MR) is 79.5 cm³/mol. The van der Waals surface area contributed by atoms with Crippen LogP contribution in [0.5, 0.6) is 0 Å². The summed E-state index contributed by atoms with van der Waals surface area (Å²) in [6.45, 7) is 6.95. The molecule has 0 bridgehead atoms. The van der Waals surface area contributed by atoms with Gasteiger partial charge < -0.3 is 9.88 Å². The summed E-state index contributed by atoms with van der Waals surface area (Å²) >= 11 is 5.91. The molecular weight excluding hydrogens is 258 g/mol. The molecule has 0 saturated carbocycles. The standard InChI is InChI=1S/C15H20ClN3/c1-3-8-17-9-15-10-18-12(2)19(15)11-13-4-6-14(16)7-5-13/h4-7,10,17H,3,8-9,11H2,1-2H3. The molecule has 0 radical (unpaired) electrons. The smallest absolute Gasteiger partial charge is 0.106 e. The third kappa shape index (κ3) is 3.82. The van der Waals surface area contributed by atoms with Gasteiger partial charge in [0.1, 0.15) is 5.82 Å². The van der Waals surface area contributed by atoms with Gasteiger partial charge in [-0.3, -0.25) is 0 Å². The maximum atomic E-state index is 5.91. The fourth-order valence-electron chi connectivity index (χ4n) is 2.04. The van der Waals surface area contributed by atoms with Gasteiger partial charge in [-0.2, -0.15) is 0 Å². The van der Waals surface area contributed by atoms with E-state index in [9.17, 15) is 0 Å². The fourth-order valence-corrected chi connectivity index (χ4v) is 2.16. The van der Waals surface area contributed by atoms with Crippen LogP contribution in [0.3, 0.4) is 0 Å². The van der Waals surface area contributed by atoms with Crippen molar-refractivity contribution in [2.75, 3.05) is 6.54 Å². The Balaban J connectivity index is 2.10. The van der Waals surface area contributed by atoms with E-state index in [2.05, 4.69) is 33.9 Å². The topological polar surface area (TPSA) is 29.9 Å². The van der Waals surface area contributed by atoms with Crippen LogP contribution in [0.4, 0.5) is 0 Å². The summed E-state index contributed by atoms with van der Waals surface area (Å²) in [7, 11) is 0. The minimum Gasteiger partial charge on any atom is -0.327 e. The van der Waals surface area contributed by atoms with Crippen molar-refractivity contribution in [1.29, 1.82) is 0 Å². The molecule has 3 nitrogen and oxygen atoms in total. The zero-order chi connectivity index (χ0) is 13.7. The second kappa shape index (κ2) is 6.73. The number of aryl methyl sites for hydroxylation is 1. The number of rotatable bonds is 6. The van der Waals surface area contributed by atoms with Crippen LogP contribution >= 0.6 is 11.6 Å². The molecule has 0 aliphatic rings. The van der Waals surface area contributed by atoms with Gasteiger partial charge in [0.05, 0.1) is 5.69 Å². The van der Waals surface area contributed by atoms with Crippen LogP contribution in [0.15, 0.2) is 30.5 Å². The monoisotopic (exact) mass is 277 g/mol. The van der Waals surface area contributed by atoms with Gasteiger partial charge in [-0.15, -0.1) is 0 Å². The Morgan fingerprint density at radius 2 is 2.00 bits per heavy atom. The van der Waals surface area contributed by atoms with Gasteiger partial charge in [-0.05, 0) is 37.6 Å². The first kappa shape index (κ1) is 14.1. The molecular formula is C15H20ClN3. The van der Waals surface area contributed by atoms with Crippen LogP contribution < -0.4 is 5.32 Å². The molecule has 102 valence electrons. The SMILES string of the molecule is CCCNCc1cnc(C)n1Cc1ccc(Cl)cc1. The van der Waals surface area contributed by atoms with E-state index in [-0.39, 0.29) is 0 Å². The first-order chi connectivity index (χ1) is 9.20. The number of benzene rings is 1. The molecule has 0 unspecified atom stereocenters. The van der Waals surface area contributed by atoms with E-state index in [1.165, 1.54) is 11.3 Å². The number of imidazole rings is 1. The van der Waals surface area contributed by atoms with Gasteiger partial charge in [-0.1, -0.05) is 30.7 Å². The highest BCUT2D eigenvalue weighted by molar-refractivity contribution is 6.30. The molecule has 0 atom stereocenters. The molecule has 1 N–H and O–H groups in total. The number of nitrogens with one attached hydrogen (secondary N) is 1. The Hall–Kier alpha value is -1.32. The lowest BCUT2D eigenvalue weighted by atomic mass is 10.2. The molecule has 0 spiro atoms. The Kier molecular flexibility index (Phi) is 5.00. The highest BCUT2D eigenvalue weighted by atomic mass is 35.5. The highest BCUT2D eigenvalue weighted by Gasteiger charge is 2.06. The van der Waals surface area contributed by atoms with Crippen molar-refractivity contribution in [3.05, 3.63) is 52.6 Å². The average Bonchev–Trinajstić information content (AvgIpc) is 2.74. The Bertz CT molecular complexity index is 517. The van der Waals surface area contributed by atoms with Gasteiger partial charge in [-0.25, -0.2) is 4.98 Å². The number of aromatic nitrogens is 2. The summed E-state index contributed by atoms with van der Waals surface area (Å²) in [6, 6.07) is 7.98. The summed E-state index contributed by atoms with van der Waals surface area (Å²) in [5.41, 5.74) is 2.46. The van der Waals surface area contributed by atoms with Crippen LogP contribution in [0, 0.1) is 6.92 Å². The first-order valence-corrected chi connectivity index (χ1v) is 7.04. The van der Waals surface area contributed by atoms with Crippen molar-refractivity contribution in [1.82, 2.24) is 14.9 Å². The largest absolute Gasteiger partial charge is 0.327 e. The lowest BCUT2D eigenvalue weighted by Gasteiger charge is -2.11. The Labute approximate surface area is 119 Å². The van der Waals surface area contributed by atoms with Crippen LogP contribution in [-0.4, -0.2) is 16.1 Å². The van der Waals surface area contributed by atoms with E-state index in [1.807, 2.05) is 25.3 Å². The second-order valence-electron chi connectivity index (χ2n) is 4.69. The molecule has 0 saturated heterocycles. The lowest BCUT2D eigenvalue weighted by Crippen LogP contribution is -2.17. The van der Waals surface area contributed by atoms with Crippen molar-refractivity contribution >= 4 is 11.6 Å². The minimum absolute atomic E-state index is 0.774. The molecule has 2 rings (SSSR count). The molecule has 19 heavy (non-hydrogen) atoms. The molecule has 1 aromatic heterocycles. The second-order valence-corrected chi connectivity index (χ2v) is 5.12. The molecule has 0 fully saturated rings. The van der Waals surface area contributed by atoms with E-state index in [0.717, 1.165) is 36.9 Å². The summed E-state index contributed by atoms with van der Waals surface area (Å²) in [6.07, 6.45) is 3.10. The van der Waals surface area contributed by atoms with Crippen LogP contribution in [-0.2, 0) is 13.1 Å². The number of hydrogen-bond donors (Lipinski definition) is 1. The van der Waals surface area contributed by atoms with Gasteiger partial charge in [0.25, 0.3) is 0 Å². The van der Waals surface area contributed by atoms with E-state index in [0.29, 0.717) is 0 Å². The quantitative estimate of drug-likeness (QED) is 0.820. The summed E-state index contributed by atoms with van der Waals surface area (Å²) < 4.78 is 2.24. The molecule has 2 aromatic rings. The predicted octanol–water partition coefficient (Wildman–Crippen LogP) is 3.39. The van der Waals surface area contributed by atoms with Gasteiger partial charge in [0.15, 0.2) is 0 Å². The highest BCUT2D eigenvalue weighted by Crippen LogP contribution is 2.13. The number of nitrogens with zero attached hydrogens (tertiary/aromatic N) is 2. The van der Waals surface area contributed by atoms with Crippen LogP contribution in [0.2, 0.25) is 5.02 Å². The Morgan fingerprint density at radius 3 is 2.68 bits per heavy atom. The lowest BCUT2D eigenvalue weighted by molar-refractivity contribution is 0.623. The maximum absolute atomic E-state index is 5.91. The van der Waals surface area contributed by atoms with E-state index < -0.39 is 0 Å². The van der Waals surface area contributed by atoms with Crippen molar-refractivity contribution in [2.45, 2.75) is 33.4 Å². The number of halogens is 1. The molecule has 1 aromatic carbocycles. The van der Waals surface area contributed by atoms with Crippen molar-refractivity contribution in [3.63, 3.8) is 0 Å². The summed E-state index contributed by atoms with van der Waals surface area (Å²) in [5, 5.41) is 4.19. The van der Waals surface area contributed by atoms with E-state index >= 15 is 0 Å². The first-order valence-electron chi connectivity index (χ1n) is 6.67. The fraction of sp³-hybridized carbons (Fsp3) is 0.400. The molecule has 0 aliphatic heterocycles. The zero-order valence-electron chi connectivity index (χ0n) is 11.5. The third-order valence-corrected chi connectivity index (χ3v) is 3.38. The van der Waals surface area contributed by atoms with Crippen LogP contribution in [0.25, 0.3) is 0 Å². The minimum atomic E-state index is 0.774. The van der Waals surface area contributed by atoms with E-state index in [1.54, 1.807) is 0 Å². The van der Waals surface area contributed by atoms with Gasteiger partial charge in [0, 0.05) is 24.3 Å². The number of hydrogen-bond acceptors (Lipinski definition) is 2. The van der Waals surface area contributed by atoms with Crippen molar-refractivity contribution in [2.24, 2.45) is 0 Å². The molecule has 0 amide bonds. The van der Waals surface area contributed by atoms with Crippen molar-refractivity contribution < 1.29 is 0 Å². The Morgan fingerprint density at radius 1 is 1.26 bits per heavy atom. The zero-order valence-corrected chi connectivity index (χ0v) is 12.2. The molecule has 4 heteroatoms. The van der Waals surface area contributed by atoms with E-state index in [4.69, 9.17) is 11.6 Å². The van der Waals surface area contributed by atoms with Gasteiger partial charge >= 0.3 is 0 Å². The molecule has 0 aliphatic carbocycles. The average molecular weight is 278 g/mol. The normalized spacial score (nSPS) is 10.9.